The van der Waals surface area contributed by atoms with Gasteiger partial charge in [0.25, 0.3) is 0 Å². The zero-order chi connectivity index (χ0) is 17.3. The van der Waals surface area contributed by atoms with Crippen molar-refractivity contribution in [2.45, 2.75) is 19.4 Å². The molecule has 0 aliphatic heterocycles. The molecule has 1 atom stereocenters. The fourth-order valence-corrected chi connectivity index (χ4v) is 2.70. The Hall–Kier alpha value is -1.61. The van der Waals surface area contributed by atoms with E-state index in [0.717, 1.165) is 0 Å². The molecule has 0 spiro atoms. The van der Waals surface area contributed by atoms with Gasteiger partial charge in [0, 0.05) is 21.0 Å². The Kier molecular flexibility index (Phi) is 5.00. The van der Waals surface area contributed by atoms with Crippen LogP contribution in [0.4, 0.5) is 0 Å². The molecule has 2 rings (SSSR count). The lowest BCUT2D eigenvalue weighted by molar-refractivity contribution is -0.0243. The molecular formula is C19H18Cl2O2. The summed E-state index contributed by atoms with van der Waals surface area (Å²) in [6, 6.07) is 13.1. The number of ketones is 1. The highest BCUT2D eigenvalue weighted by molar-refractivity contribution is 6.31. The van der Waals surface area contributed by atoms with Crippen molar-refractivity contribution in [3.05, 3.63) is 82.4 Å². The minimum atomic E-state index is -1.77. The molecule has 23 heavy (non-hydrogen) atoms. The molecule has 0 radical (unpaired) electrons. The van der Waals surface area contributed by atoms with Crippen molar-refractivity contribution in [3.8, 4) is 0 Å². The molecule has 0 fully saturated rings. The van der Waals surface area contributed by atoms with E-state index in [0.29, 0.717) is 21.2 Å². The lowest BCUT2D eigenvalue weighted by atomic mass is 9.67. The summed E-state index contributed by atoms with van der Waals surface area (Å²) < 4.78 is 0. The lowest BCUT2D eigenvalue weighted by Gasteiger charge is -2.40. The highest BCUT2D eigenvalue weighted by Crippen LogP contribution is 2.43. The second-order valence-electron chi connectivity index (χ2n) is 5.98. The quantitative estimate of drug-likeness (QED) is 0.589. The number of hydrogen-bond donors (Lipinski definition) is 1. The van der Waals surface area contributed by atoms with Gasteiger partial charge in [-0.1, -0.05) is 55.3 Å². The Bertz CT molecular complexity index is 718. The van der Waals surface area contributed by atoms with Crippen LogP contribution >= 0.6 is 23.2 Å². The summed E-state index contributed by atoms with van der Waals surface area (Å²) in [7, 11) is 0. The highest BCUT2D eigenvalue weighted by Gasteiger charge is 2.49. The Morgan fingerprint density at radius 2 is 1.43 bits per heavy atom. The van der Waals surface area contributed by atoms with Gasteiger partial charge < -0.3 is 5.11 Å². The molecule has 0 aliphatic carbocycles. The molecule has 0 saturated heterocycles. The molecule has 120 valence electrons. The fourth-order valence-electron chi connectivity index (χ4n) is 2.44. The van der Waals surface area contributed by atoms with Crippen LogP contribution in [-0.4, -0.2) is 10.9 Å². The van der Waals surface area contributed by atoms with Gasteiger partial charge in [0.15, 0.2) is 11.4 Å². The molecule has 2 nitrogen and oxygen atoms in total. The van der Waals surface area contributed by atoms with E-state index >= 15 is 0 Å². The van der Waals surface area contributed by atoms with Crippen LogP contribution in [0.25, 0.3) is 0 Å². The summed E-state index contributed by atoms with van der Waals surface area (Å²) in [6.07, 6.45) is 1.58. The minimum absolute atomic E-state index is 0.377. The largest absolute Gasteiger partial charge is 0.376 e. The predicted molar refractivity (Wildman–Crippen MR) is 95.1 cm³/mol. The van der Waals surface area contributed by atoms with Gasteiger partial charge in [-0.3, -0.25) is 4.79 Å². The summed E-state index contributed by atoms with van der Waals surface area (Å²) in [4.78, 5) is 13.1. The molecule has 2 aromatic carbocycles. The van der Waals surface area contributed by atoms with Crippen molar-refractivity contribution < 1.29 is 9.90 Å². The third kappa shape index (κ3) is 3.20. The summed E-state index contributed by atoms with van der Waals surface area (Å²) in [5.74, 6) is -0.415. The number of hydrogen-bond acceptors (Lipinski definition) is 2. The van der Waals surface area contributed by atoms with Crippen LogP contribution in [0.3, 0.4) is 0 Å². The average molecular weight is 349 g/mol. The Morgan fingerprint density at radius 1 is 1.00 bits per heavy atom. The third-order valence-electron chi connectivity index (χ3n) is 4.14. The van der Waals surface area contributed by atoms with Crippen LogP contribution in [0.1, 0.15) is 29.8 Å². The average Bonchev–Trinajstić information content (AvgIpc) is 2.54. The van der Waals surface area contributed by atoms with Crippen LogP contribution in [-0.2, 0) is 5.60 Å². The number of carbonyl (C=O) groups excluding carboxylic acids is 1. The number of rotatable bonds is 5. The topological polar surface area (TPSA) is 37.3 Å². The van der Waals surface area contributed by atoms with E-state index in [1.54, 1.807) is 68.5 Å². The molecule has 0 bridgehead atoms. The van der Waals surface area contributed by atoms with Gasteiger partial charge in [-0.25, -0.2) is 0 Å². The highest BCUT2D eigenvalue weighted by atomic mass is 35.5. The molecular weight excluding hydrogens is 331 g/mol. The first-order valence-corrected chi connectivity index (χ1v) is 7.90. The van der Waals surface area contributed by atoms with E-state index in [1.807, 2.05) is 0 Å². The molecule has 0 aliphatic rings. The Balaban J connectivity index is 2.62. The summed E-state index contributed by atoms with van der Waals surface area (Å²) in [5.41, 5.74) is -1.82. The SMILES string of the molecule is C=CC(C)(C)C(O)(C(=O)c1ccc(Cl)cc1)c1ccc(Cl)cc1. The minimum Gasteiger partial charge on any atom is -0.376 e. The van der Waals surface area contributed by atoms with Crippen molar-refractivity contribution in [2.75, 3.05) is 0 Å². The monoisotopic (exact) mass is 348 g/mol. The van der Waals surface area contributed by atoms with Crippen molar-refractivity contribution >= 4 is 29.0 Å². The smallest absolute Gasteiger partial charge is 0.199 e. The van der Waals surface area contributed by atoms with E-state index in [1.165, 1.54) is 0 Å². The molecule has 0 saturated carbocycles. The zero-order valence-corrected chi connectivity index (χ0v) is 14.5. The summed E-state index contributed by atoms with van der Waals surface area (Å²) >= 11 is 11.8. The van der Waals surface area contributed by atoms with Gasteiger partial charge in [0.2, 0.25) is 0 Å². The second-order valence-corrected chi connectivity index (χ2v) is 6.85. The van der Waals surface area contributed by atoms with Gasteiger partial charge in [-0.15, -0.1) is 6.58 Å². The van der Waals surface area contributed by atoms with Crippen molar-refractivity contribution in [1.29, 1.82) is 0 Å². The number of carbonyl (C=O) groups is 1. The third-order valence-corrected chi connectivity index (χ3v) is 4.64. The number of halogens is 2. The van der Waals surface area contributed by atoms with Gasteiger partial charge in [-0.2, -0.15) is 0 Å². The maximum Gasteiger partial charge on any atom is 0.199 e. The molecule has 1 N–H and O–H groups in total. The van der Waals surface area contributed by atoms with Gasteiger partial charge in [-0.05, 0) is 42.0 Å². The number of aliphatic hydroxyl groups is 1. The Morgan fingerprint density at radius 3 is 1.87 bits per heavy atom. The Labute approximate surface area is 146 Å². The predicted octanol–water partition coefficient (Wildman–Crippen LogP) is 5.28. The maximum atomic E-state index is 13.1. The number of benzene rings is 2. The van der Waals surface area contributed by atoms with E-state index in [4.69, 9.17) is 23.2 Å². The van der Waals surface area contributed by atoms with Gasteiger partial charge >= 0.3 is 0 Å². The first kappa shape index (κ1) is 17.7. The van der Waals surface area contributed by atoms with Crippen LogP contribution < -0.4 is 0 Å². The van der Waals surface area contributed by atoms with Crippen molar-refractivity contribution in [3.63, 3.8) is 0 Å². The first-order chi connectivity index (χ1) is 10.7. The second kappa shape index (κ2) is 6.48. The van der Waals surface area contributed by atoms with E-state index < -0.39 is 16.8 Å². The van der Waals surface area contributed by atoms with E-state index in [-0.39, 0.29) is 0 Å². The van der Waals surface area contributed by atoms with Gasteiger partial charge in [0.05, 0.1) is 0 Å². The number of Topliss-reactive ketones (excluding diaryl/α,β-unsaturated/α-hetero) is 1. The lowest BCUT2D eigenvalue weighted by Crippen LogP contribution is -2.47. The molecule has 2 aromatic rings. The summed E-state index contributed by atoms with van der Waals surface area (Å²) in [6.45, 7) is 7.30. The van der Waals surface area contributed by atoms with E-state index in [9.17, 15) is 9.90 Å². The van der Waals surface area contributed by atoms with Crippen LogP contribution in [0.15, 0.2) is 61.2 Å². The fraction of sp³-hybridized carbons (Fsp3) is 0.211. The van der Waals surface area contributed by atoms with Gasteiger partial charge in [0.1, 0.15) is 0 Å². The van der Waals surface area contributed by atoms with Crippen molar-refractivity contribution in [2.24, 2.45) is 5.41 Å². The van der Waals surface area contributed by atoms with Crippen molar-refractivity contribution in [1.82, 2.24) is 0 Å². The zero-order valence-electron chi connectivity index (χ0n) is 13.0. The molecule has 4 heteroatoms. The maximum absolute atomic E-state index is 13.1. The van der Waals surface area contributed by atoms with Crippen LogP contribution in [0.5, 0.6) is 0 Å². The van der Waals surface area contributed by atoms with E-state index in [2.05, 4.69) is 6.58 Å². The molecule has 0 aromatic heterocycles. The van der Waals surface area contributed by atoms with Crippen LogP contribution in [0.2, 0.25) is 10.0 Å². The first-order valence-electron chi connectivity index (χ1n) is 7.15. The molecule has 0 amide bonds. The standard InChI is InChI=1S/C19H18Cl2O2/c1-4-18(2,3)19(23,14-7-11-16(21)12-8-14)17(22)13-5-9-15(20)10-6-13/h4-12,23H,1H2,2-3H3. The van der Waals surface area contributed by atoms with Crippen LogP contribution in [0, 0.1) is 5.41 Å². The normalized spacial score (nSPS) is 14.1. The molecule has 0 heterocycles. The molecule has 1 unspecified atom stereocenters. The summed E-state index contributed by atoms with van der Waals surface area (Å²) in [5, 5.41) is 12.5.